The Bertz CT molecular complexity index is 2350. The maximum absolute atomic E-state index is 6.36. The molecular formula is C44H32N2O2. The molecule has 0 fully saturated rings. The minimum Gasteiger partial charge on any atom is -0.370 e. The summed E-state index contributed by atoms with van der Waals surface area (Å²) in [5, 5.41) is 11.9. The van der Waals surface area contributed by atoms with E-state index in [0.717, 1.165) is 33.2 Å². The van der Waals surface area contributed by atoms with Crippen molar-refractivity contribution in [3.8, 4) is 0 Å². The number of hydrogen-bond acceptors (Lipinski definition) is 4. The van der Waals surface area contributed by atoms with Crippen LogP contribution in [0.2, 0.25) is 0 Å². The summed E-state index contributed by atoms with van der Waals surface area (Å²) in [7, 11) is 0. The van der Waals surface area contributed by atoms with Crippen LogP contribution in [-0.2, 0) is 35.9 Å². The lowest BCUT2D eigenvalue weighted by Gasteiger charge is -2.13. The van der Waals surface area contributed by atoms with Crippen LogP contribution in [0.1, 0.15) is 22.5 Å². The summed E-state index contributed by atoms with van der Waals surface area (Å²) in [5.74, 6) is 0. The van der Waals surface area contributed by atoms with Crippen molar-refractivity contribution in [2.75, 3.05) is 0 Å². The first-order chi connectivity index (χ1) is 23.8. The lowest BCUT2D eigenvalue weighted by molar-refractivity contribution is 0.106. The van der Waals surface area contributed by atoms with Crippen LogP contribution in [-0.4, -0.2) is 9.97 Å². The van der Waals surface area contributed by atoms with Gasteiger partial charge in [-0.15, -0.1) is 0 Å². The molecule has 0 N–H and O–H groups in total. The fourth-order valence-electron chi connectivity index (χ4n) is 7.05. The van der Waals surface area contributed by atoms with Gasteiger partial charge in [0.15, 0.2) is 0 Å². The second-order valence-electron chi connectivity index (χ2n) is 12.4. The van der Waals surface area contributed by atoms with Gasteiger partial charge in [0.1, 0.15) is 0 Å². The van der Waals surface area contributed by atoms with Crippen LogP contribution in [0.4, 0.5) is 0 Å². The fourth-order valence-corrected chi connectivity index (χ4v) is 7.05. The van der Waals surface area contributed by atoms with Gasteiger partial charge >= 0.3 is 0 Å². The normalized spacial score (nSPS) is 11.8. The fraction of sp³-hybridized carbons (Fsp3) is 0.0909. The average Bonchev–Trinajstić information content (AvgIpc) is 3.14. The molecule has 230 valence electrons. The second kappa shape index (κ2) is 12.2. The summed E-state index contributed by atoms with van der Waals surface area (Å²) in [4.78, 5) is 10.1. The monoisotopic (exact) mass is 620 g/mol. The molecule has 0 saturated carbocycles. The summed E-state index contributed by atoms with van der Waals surface area (Å²) in [6.45, 7) is 1.82. The minimum absolute atomic E-state index is 0.408. The number of ether oxygens (including phenoxy) is 2. The van der Waals surface area contributed by atoms with Gasteiger partial charge in [0, 0.05) is 10.8 Å². The van der Waals surface area contributed by atoms with E-state index in [4.69, 9.17) is 19.4 Å². The Hall–Kier alpha value is -5.68. The molecule has 7 aromatic carbocycles. The first-order valence-electron chi connectivity index (χ1n) is 16.4. The third kappa shape index (κ3) is 5.22. The molecule has 0 saturated heterocycles. The van der Waals surface area contributed by atoms with E-state index in [0.29, 0.717) is 26.4 Å². The molecule has 9 aromatic rings. The smallest absolute Gasteiger partial charge is 0.0969 e. The van der Waals surface area contributed by atoms with Crippen molar-refractivity contribution in [3.05, 3.63) is 168 Å². The van der Waals surface area contributed by atoms with E-state index in [9.17, 15) is 0 Å². The number of nitrogens with zero attached hydrogens (tertiary/aromatic N) is 2. The zero-order chi connectivity index (χ0) is 31.9. The highest BCUT2D eigenvalue weighted by Gasteiger charge is 2.12. The van der Waals surface area contributed by atoms with Crippen LogP contribution in [0.5, 0.6) is 0 Å². The minimum atomic E-state index is 0.408. The Labute approximate surface area is 278 Å². The SMILES string of the molecule is c1ccc2c(COCc3ccc4ccc5ccc(COCc6c7ccccc7cc7ccccc67)nc5c4n3)c3ccccc3cc2c1. The number of benzene rings is 7. The van der Waals surface area contributed by atoms with Gasteiger partial charge in [-0.3, -0.25) is 0 Å². The lowest BCUT2D eigenvalue weighted by atomic mass is 9.97. The number of rotatable bonds is 8. The van der Waals surface area contributed by atoms with Crippen molar-refractivity contribution >= 4 is 64.9 Å². The first kappa shape index (κ1) is 28.5. The molecule has 0 bridgehead atoms. The van der Waals surface area contributed by atoms with Crippen LogP contribution in [0, 0.1) is 0 Å². The molecule has 4 heteroatoms. The topological polar surface area (TPSA) is 44.2 Å². The number of hydrogen-bond donors (Lipinski definition) is 0. The Morgan fingerprint density at radius 2 is 0.667 bits per heavy atom. The average molecular weight is 621 g/mol. The van der Waals surface area contributed by atoms with E-state index >= 15 is 0 Å². The number of aromatic nitrogens is 2. The van der Waals surface area contributed by atoms with Gasteiger partial charge < -0.3 is 9.47 Å². The summed E-state index contributed by atoms with van der Waals surface area (Å²) in [5.41, 5.74) is 5.93. The highest BCUT2D eigenvalue weighted by Crippen LogP contribution is 2.31. The summed E-state index contributed by atoms with van der Waals surface area (Å²) in [6.07, 6.45) is 0. The summed E-state index contributed by atoms with van der Waals surface area (Å²) < 4.78 is 12.7. The maximum atomic E-state index is 6.36. The van der Waals surface area contributed by atoms with Gasteiger partial charge in [-0.2, -0.15) is 0 Å². The molecule has 4 nitrogen and oxygen atoms in total. The Balaban J connectivity index is 0.973. The van der Waals surface area contributed by atoms with Gasteiger partial charge in [-0.1, -0.05) is 121 Å². The Morgan fingerprint density at radius 1 is 0.333 bits per heavy atom. The second-order valence-corrected chi connectivity index (χ2v) is 12.4. The number of fused-ring (bicyclic) bond motifs is 7. The van der Waals surface area contributed by atoms with Gasteiger partial charge in [-0.05, 0) is 78.5 Å². The van der Waals surface area contributed by atoms with E-state index in [1.807, 2.05) is 0 Å². The van der Waals surface area contributed by atoms with Gasteiger partial charge in [0.25, 0.3) is 0 Å². The zero-order valence-electron chi connectivity index (χ0n) is 26.4. The Morgan fingerprint density at radius 3 is 1.04 bits per heavy atom. The van der Waals surface area contributed by atoms with Crippen molar-refractivity contribution in [3.63, 3.8) is 0 Å². The van der Waals surface area contributed by atoms with E-state index < -0.39 is 0 Å². The molecule has 0 aliphatic heterocycles. The van der Waals surface area contributed by atoms with Crippen molar-refractivity contribution < 1.29 is 9.47 Å². The highest BCUT2D eigenvalue weighted by molar-refractivity contribution is 6.04. The Kier molecular flexibility index (Phi) is 7.23. The number of pyridine rings is 2. The van der Waals surface area contributed by atoms with Crippen molar-refractivity contribution in [1.82, 2.24) is 9.97 Å². The molecule has 0 radical (unpaired) electrons. The molecule has 0 spiro atoms. The largest absolute Gasteiger partial charge is 0.370 e. The van der Waals surface area contributed by atoms with E-state index in [2.05, 4.69) is 146 Å². The zero-order valence-corrected chi connectivity index (χ0v) is 26.4. The lowest BCUT2D eigenvalue weighted by Crippen LogP contribution is -2.00. The van der Waals surface area contributed by atoms with Crippen LogP contribution < -0.4 is 0 Å². The molecular weight excluding hydrogens is 588 g/mol. The molecule has 0 amide bonds. The van der Waals surface area contributed by atoms with Gasteiger partial charge in [0.05, 0.1) is 48.8 Å². The van der Waals surface area contributed by atoms with Crippen LogP contribution in [0.25, 0.3) is 64.9 Å². The third-order valence-corrected chi connectivity index (χ3v) is 9.39. The molecule has 9 rings (SSSR count). The maximum Gasteiger partial charge on any atom is 0.0969 e. The van der Waals surface area contributed by atoms with Crippen molar-refractivity contribution in [1.29, 1.82) is 0 Å². The van der Waals surface area contributed by atoms with Crippen molar-refractivity contribution in [2.45, 2.75) is 26.4 Å². The quantitative estimate of drug-likeness (QED) is 0.125. The predicted octanol–water partition coefficient (Wildman–Crippen LogP) is 10.8. The molecule has 0 unspecified atom stereocenters. The van der Waals surface area contributed by atoms with E-state index in [1.54, 1.807) is 0 Å². The van der Waals surface area contributed by atoms with Crippen LogP contribution in [0.3, 0.4) is 0 Å². The highest BCUT2D eigenvalue weighted by atomic mass is 16.5. The van der Waals surface area contributed by atoms with Crippen molar-refractivity contribution in [2.24, 2.45) is 0 Å². The molecule has 2 heterocycles. The van der Waals surface area contributed by atoms with Gasteiger partial charge in [0.2, 0.25) is 0 Å². The molecule has 48 heavy (non-hydrogen) atoms. The predicted molar refractivity (Wildman–Crippen MR) is 197 cm³/mol. The summed E-state index contributed by atoms with van der Waals surface area (Å²) in [6, 6.07) is 51.2. The van der Waals surface area contributed by atoms with E-state index in [-0.39, 0.29) is 0 Å². The standard InChI is InChI=1S/C44H32N2O2/c1-5-13-37-31(9-1)23-32-10-2-6-14-38(32)41(37)27-47-25-35-21-19-29-17-18-30-20-22-36(46-44(30)43(29)45-35)26-48-28-42-39-15-7-3-11-33(39)24-34-12-4-8-16-40(34)42/h1-24H,25-28H2. The van der Waals surface area contributed by atoms with E-state index in [1.165, 1.54) is 54.2 Å². The first-order valence-corrected chi connectivity index (χ1v) is 16.4. The molecule has 0 aliphatic rings. The summed E-state index contributed by atoms with van der Waals surface area (Å²) >= 11 is 0. The third-order valence-electron chi connectivity index (χ3n) is 9.39. The van der Waals surface area contributed by atoms with Gasteiger partial charge in [-0.25, -0.2) is 9.97 Å². The molecule has 2 aromatic heterocycles. The molecule has 0 atom stereocenters. The molecule has 0 aliphatic carbocycles. The van der Waals surface area contributed by atoms with Crippen LogP contribution >= 0.6 is 0 Å². The van der Waals surface area contributed by atoms with Crippen LogP contribution in [0.15, 0.2) is 146 Å².